The molecular formula is C21H29N5O2S. The highest BCUT2D eigenvalue weighted by Gasteiger charge is 2.30. The Hall–Kier alpha value is -2.03. The maximum Gasteiger partial charge on any atom is 0.253 e. The number of hydrogen-bond donors (Lipinski definition) is 2. The van der Waals surface area contributed by atoms with Gasteiger partial charge in [0.25, 0.3) is 5.91 Å². The third-order valence-electron chi connectivity index (χ3n) is 5.48. The monoisotopic (exact) mass is 415 g/mol. The predicted octanol–water partition coefficient (Wildman–Crippen LogP) is 2.93. The highest BCUT2D eigenvalue weighted by molar-refractivity contribution is 7.15. The average Bonchev–Trinajstić information content (AvgIpc) is 3.21. The molecule has 156 valence electrons. The van der Waals surface area contributed by atoms with Gasteiger partial charge in [0.15, 0.2) is 5.13 Å². The van der Waals surface area contributed by atoms with Crippen LogP contribution in [0, 0.1) is 0 Å². The molecule has 2 aliphatic heterocycles. The SMILES string of the molecule is CCCc1cnc(Nc2cccc(C3CCN(C(=O)[C@@H]4CNCCO4)CC3)n2)s1. The zero-order chi connectivity index (χ0) is 20.1. The Bertz CT molecular complexity index is 813. The van der Waals surface area contributed by atoms with Gasteiger partial charge in [-0.25, -0.2) is 9.97 Å². The van der Waals surface area contributed by atoms with E-state index < -0.39 is 0 Å². The second-order valence-electron chi connectivity index (χ2n) is 7.62. The fraction of sp³-hybridized carbons (Fsp3) is 0.571. The number of likely N-dealkylation sites (tertiary alicyclic amines) is 1. The zero-order valence-electron chi connectivity index (χ0n) is 16.9. The molecule has 8 heteroatoms. The highest BCUT2D eigenvalue weighted by atomic mass is 32.1. The van der Waals surface area contributed by atoms with Crippen molar-refractivity contribution in [2.45, 2.75) is 44.6 Å². The molecule has 2 fully saturated rings. The first-order valence-corrected chi connectivity index (χ1v) is 11.3. The van der Waals surface area contributed by atoms with Crippen molar-refractivity contribution < 1.29 is 9.53 Å². The minimum absolute atomic E-state index is 0.116. The summed E-state index contributed by atoms with van der Waals surface area (Å²) >= 11 is 1.69. The van der Waals surface area contributed by atoms with Gasteiger partial charge in [-0.1, -0.05) is 19.4 Å². The number of anilines is 2. The number of nitrogens with zero attached hydrogens (tertiary/aromatic N) is 3. The van der Waals surface area contributed by atoms with E-state index in [1.165, 1.54) is 4.88 Å². The summed E-state index contributed by atoms with van der Waals surface area (Å²) in [4.78, 5) is 25.1. The molecule has 4 rings (SSSR count). The lowest BCUT2D eigenvalue weighted by Gasteiger charge is -2.35. The molecule has 2 aliphatic rings. The first kappa shape index (κ1) is 20.3. The molecule has 29 heavy (non-hydrogen) atoms. The Morgan fingerprint density at radius 1 is 1.38 bits per heavy atom. The number of amides is 1. The number of ether oxygens (including phenoxy) is 1. The molecule has 0 radical (unpaired) electrons. The number of aryl methyl sites for hydroxylation is 1. The Morgan fingerprint density at radius 2 is 2.24 bits per heavy atom. The summed E-state index contributed by atoms with van der Waals surface area (Å²) < 4.78 is 5.61. The summed E-state index contributed by atoms with van der Waals surface area (Å²) in [7, 11) is 0. The van der Waals surface area contributed by atoms with Crippen LogP contribution in [0.25, 0.3) is 0 Å². The van der Waals surface area contributed by atoms with Crippen LogP contribution in [0.1, 0.15) is 42.7 Å². The quantitative estimate of drug-likeness (QED) is 0.755. The van der Waals surface area contributed by atoms with E-state index in [1.807, 2.05) is 23.2 Å². The molecule has 2 aromatic heterocycles. The summed E-state index contributed by atoms with van der Waals surface area (Å²) in [6.45, 7) is 5.74. The van der Waals surface area contributed by atoms with Crippen molar-refractivity contribution in [2.75, 3.05) is 38.1 Å². The number of rotatable bonds is 6. The Morgan fingerprint density at radius 3 is 3.00 bits per heavy atom. The molecule has 2 N–H and O–H groups in total. The number of carbonyl (C=O) groups is 1. The summed E-state index contributed by atoms with van der Waals surface area (Å²) in [5.74, 6) is 1.32. The van der Waals surface area contributed by atoms with Gasteiger partial charge in [0.05, 0.1) is 6.61 Å². The second kappa shape index (κ2) is 9.65. The minimum Gasteiger partial charge on any atom is -0.366 e. The van der Waals surface area contributed by atoms with Gasteiger partial charge in [0.1, 0.15) is 11.9 Å². The summed E-state index contributed by atoms with van der Waals surface area (Å²) in [6, 6.07) is 6.12. The van der Waals surface area contributed by atoms with Crippen molar-refractivity contribution in [1.82, 2.24) is 20.2 Å². The van der Waals surface area contributed by atoms with E-state index in [4.69, 9.17) is 9.72 Å². The first-order chi connectivity index (χ1) is 14.2. The molecule has 0 unspecified atom stereocenters. The predicted molar refractivity (Wildman–Crippen MR) is 115 cm³/mol. The lowest BCUT2D eigenvalue weighted by atomic mass is 9.92. The van der Waals surface area contributed by atoms with E-state index in [-0.39, 0.29) is 12.0 Å². The number of hydrogen-bond acceptors (Lipinski definition) is 7. The van der Waals surface area contributed by atoms with Gasteiger partial charge in [0, 0.05) is 48.9 Å². The Balaban J connectivity index is 1.33. The van der Waals surface area contributed by atoms with Crippen LogP contribution in [0.5, 0.6) is 0 Å². The summed E-state index contributed by atoms with van der Waals surface area (Å²) in [5.41, 5.74) is 1.09. The number of thiazole rings is 1. The number of piperidine rings is 1. The number of pyridine rings is 1. The van der Waals surface area contributed by atoms with Crippen LogP contribution in [0.3, 0.4) is 0 Å². The molecule has 2 saturated heterocycles. The van der Waals surface area contributed by atoms with Gasteiger partial charge in [0.2, 0.25) is 0 Å². The van der Waals surface area contributed by atoms with Gasteiger partial charge in [-0.05, 0) is 31.4 Å². The van der Waals surface area contributed by atoms with E-state index in [1.54, 1.807) is 11.3 Å². The van der Waals surface area contributed by atoms with Crippen molar-refractivity contribution in [3.8, 4) is 0 Å². The van der Waals surface area contributed by atoms with Crippen LogP contribution in [0.2, 0.25) is 0 Å². The summed E-state index contributed by atoms with van der Waals surface area (Å²) in [6.07, 6.45) is 5.66. The van der Waals surface area contributed by atoms with Gasteiger partial charge in [-0.3, -0.25) is 4.79 Å². The lowest BCUT2D eigenvalue weighted by Crippen LogP contribution is -2.51. The van der Waals surface area contributed by atoms with Crippen molar-refractivity contribution in [3.05, 3.63) is 35.0 Å². The molecule has 0 saturated carbocycles. The fourth-order valence-corrected chi connectivity index (χ4v) is 4.83. The molecule has 0 spiro atoms. The smallest absolute Gasteiger partial charge is 0.253 e. The van der Waals surface area contributed by atoms with Crippen LogP contribution >= 0.6 is 11.3 Å². The van der Waals surface area contributed by atoms with Crippen LogP contribution < -0.4 is 10.6 Å². The highest BCUT2D eigenvalue weighted by Crippen LogP contribution is 2.29. The van der Waals surface area contributed by atoms with Crippen molar-refractivity contribution >= 4 is 28.2 Å². The van der Waals surface area contributed by atoms with E-state index in [0.29, 0.717) is 19.1 Å². The van der Waals surface area contributed by atoms with E-state index in [2.05, 4.69) is 28.6 Å². The second-order valence-corrected chi connectivity index (χ2v) is 8.73. The van der Waals surface area contributed by atoms with Crippen molar-refractivity contribution in [3.63, 3.8) is 0 Å². The minimum atomic E-state index is -0.332. The molecule has 2 aromatic rings. The first-order valence-electron chi connectivity index (χ1n) is 10.5. The summed E-state index contributed by atoms with van der Waals surface area (Å²) in [5, 5.41) is 7.46. The maximum atomic E-state index is 12.6. The molecule has 0 aromatic carbocycles. The van der Waals surface area contributed by atoms with Gasteiger partial charge in [-0.15, -0.1) is 11.3 Å². The largest absolute Gasteiger partial charge is 0.366 e. The van der Waals surface area contributed by atoms with Crippen LogP contribution in [-0.2, 0) is 16.0 Å². The number of aromatic nitrogens is 2. The van der Waals surface area contributed by atoms with E-state index >= 15 is 0 Å². The fourth-order valence-electron chi connectivity index (χ4n) is 3.91. The molecular weight excluding hydrogens is 386 g/mol. The zero-order valence-corrected chi connectivity index (χ0v) is 17.7. The van der Waals surface area contributed by atoms with Gasteiger partial charge in [-0.2, -0.15) is 0 Å². The standard InChI is InChI=1S/C21H29N5O2S/c1-2-4-16-13-23-21(29-16)25-19-6-3-5-17(24-19)15-7-10-26(11-8-15)20(27)18-14-22-9-12-28-18/h3,5-6,13,15,18,22H,2,4,7-12,14H2,1H3,(H,23,24,25)/t18-/m0/s1. The van der Waals surface area contributed by atoms with Crippen molar-refractivity contribution in [1.29, 1.82) is 0 Å². The third-order valence-corrected chi connectivity index (χ3v) is 6.46. The van der Waals surface area contributed by atoms with Gasteiger partial charge < -0.3 is 20.3 Å². The van der Waals surface area contributed by atoms with E-state index in [9.17, 15) is 4.79 Å². The van der Waals surface area contributed by atoms with Crippen molar-refractivity contribution in [2.24, 2.45) is 0 Å². The molecule has 1 amide bonds. The molecule has 0 aliphatic carbocycles. The lowest BCUT2D eigenvalue weighted by molar-refractivity contribution is -0.146. The Kier molecular flexibility index (Phi) is 6.74. The number of carbonyl (C=O) groups excluding carboxylic acids is 1. The van der Waals surface area contributed by atoms with Crippen LogP contribution in [0.4, 0.5) is 10.9 Å². The topological polar surface area (TPSA) is 79.4 Å². The molecule has 4 heterocycles. The normalized spacial score (nSPS) is 20.6. The Labute approximate surface area is 175 Å². The van der Waals surface area contributed by atoms with E-state index in [0.717, 1.165) is 62.0 Å². The molecule has 1 atom stereocenters. The number of morpholine rings is 1. The molecule has 7 nitrogen and oxygen atoms in total. The third kappa shape index (κ3) is 5.12. The van der Waals surface area contributed by atoms with Crippen LogP contribution in [0.15, 0.2) is 24.4 Å². The maximum absolute atomic E-state index is 12.6. The van der Waals surface area contributed by atoms with Crippen LogP contribution in [-0.4, -0.2) is 59.7 Å². The van der Waals surface area contributed by atoms with Gasteiger partial charge >= 0.3 is 0 Å². The molecule has 0 bridgehead atoms. The number of nitrogens with one attached hydrogen (secondary N) is 2. The average molecular weight is 416 g/mol.